The van der Waals surface area contributed by atoms with Gasteiger partial charge in [0.2, 0.25) is 0 Å². The van der Waals surface area contributed by atoms with E-state index < -0.39 is 6.04 Å². The van der Waals surface area contributed by atoms with Crippen LogP contribution in [0.15, 0.2) is 0 Å². The second-order valence-corrected chi connectivity index (χ2v) is 3.16. The third-order valence-corrected chi connectivity index (χ3v) is 1.85. The number of hydrogen-bond donors (Lipinski definition) is 1. The van der Waals surface area contributed by atoms with Gasteiger partial charge in [-0.1, -0.05) is 20.3 Å². The molecule has 0 aliphatic rings. The first-order chi connectivity index (χ1) is 5.49. The lowest BCUT2D eigenvalue weighted by Crippen LogP contribution is -2.39. The standard InChI is InChI=1S/C9H18NO2/c1-5-7(4)8(10)9(11)12-6(2)3/h6-8H,2,5,10H2,1,3-4H3/t6?,7?,8-/m0/s1. The van der Waals surface area contributed by atoms with Gasteiger partial charge in [0.1, 0.15) is 6.04 Å². The zero-order valence-electron chi connectivity index (χ0n) is 8.04. The minimum atomic E-state index is -0.515. The molecule has 0 amide bonds. The largest absolute Gasteiger partial charge is 0.462 e. The second kappa shape index (κ2) is 5.14. The van der Waals surface area contributed by atoms with Crippen LogP contribution in [0.1, 0.15) is 27.2 Å². The number of esters is 1. The fourth-order valence-corrected chi connectivity index (χ4v) is 0.763. The normalized spacial score (nSPS) is 15.8. The Kier molecular flexibility index (Phi) is 4.90. The fraction of sp³-hybridized carbons (Fsp3) is 0.778. The van der Waals surface area contributed by atoms with Crippen LogP contribution >= 0.6 is 0 Å². The van der Waals surface area contributed by atoms with Gasteiger partial charge in [0, 0.05) is 0 Å². The molecule has 0 aromatic heterocycles. The zero-order valence-corrected chi connectivity index (χ0v) is 8.04. The van der Waals surface area contributed by atoms with Crippen molar-refractivity contribution in [1.82, 2.24) is 0 Å². The maximum absolute atomic E-state index is 11.2. The van der Waals surface area contributed by atoms with Crippen molar-refractivity contribution in [2.75, 3.05) is 0 Å². The van der Waals surface area contributed by atoms with Crippen LogP contribution in [-0.2, 0) is 9.53 Å². The summed E-state index contributed by atoms with van der Waals surface area (Å²) in [5.74, 6) is -0.192. The van der Waals surface area contributed by atoms with E-state index in [-0.39, 0.29) is 18.0 Å². The van der Waals surface area contributed by atoms with E-state index in [4.69, 9.17) is 10.5 Å². The zero-order chi connectivity index (χ0) is 9.72. The van der Waals surface area contributed by atoms with E-state index in [1.165, 1.54) is 0 Å². The smallest absolute Gasteiger partial charge is 0.323 e. The van der Waals surface area contributed by atoms with E-state index in [2.05, 4.69) is 6.92 Å². The highest BCUT2D eigenvalue weighted by molar-refractivity contribution is 5.76. The fourth-order valence-electron chi connectivity index (χ4n) is 0.763. The van der Waals surface area contributed by atoms with Crippen LogP contribution in [0.3, 0.4) is 0 Å². The minimum absolute atomic E-state index is 0.163. The van der Waals surface area contributed by atoms with Crippen molar-refractivity contribution in [2.45, 2.75) is 39.3 Å². The lowest BCUT2D eigenvalue weighted by Gasteiger charge is -2.18. The van der Waals surface area contributed by atoms with Gasteiger partial charge in [-0.05, 0) is 19.8 Å². The Labute approximate surface area is 74.3 Å². The number of nitrogens with two attached hydrogens (primary N) is 1. The Bertz CT molecular complexity index is 145. The van der Waals surface area contributed by atoms with Crippen LogP contribution in [0.5, 0.6) is 0 Å². The molecule has 0 aliphatic carbocycles. The van der Waals surface area contributed by atoms with Crippen LogP contribution < -0.4 is 5.73 Å². The first-order valence-corrected chi connectivity index (χ1v) is 4.28. The van der Waals surface area contributed by atoms with Gasteiger partial charge in [-0.2, -0.15) is 0 Å². The molecule has 0 rings (SSSR count). The molecule has 0 saturated heterocycles. The van der Waals surface area contributed by atoms with Gasteiger partial charge in [0.05, 0.1) is 6.10 Å². The van der Waals surface area contributed by atoms with Gasteiger partial charge < -0.3 is 10.5 Å². The third-order valence-electron chi connectivity index (χ3n) is 1.85. The summed E-state index contributed by atoms with van der Waals surface area (Å²) in [5, 5.41) is 0. The molecule has 2 unspecified atom stereocenters. The Hall–Kier alpha value is -0.570. The SMILES string of the molecule is [CH2]C(C)OC(=O)[C@@H](N)C(C)CC. The molecule has 71 valence electrons. The molecule has 0 aromatic rings. The van der Waals surface area contributed by atoms with Crippen LogP contribution in [0, 0.1) is 12.8 Å². The molecule has 0 aliphatic heterocycles. The molecule has 3 heteroatoms. The number of hydrogen-bond acceptors (Lipinski definition) is 3. The van der Waals surface area contributed by atoms with Crippen molar-refractivity contribution in [3.8, 4) is 0 Å². The van der Waals surface area contributed by atoms with E-state index in [1.54, 1.807) is 6.92 Å². The molecule has 2 N–H and O–H groups in total. The molecule has 12 heavy (non-hydrogen) atoms. The minimum Gasteiger partial charge on any atom is -0.462 e. The van der Waals surface area contributed by atoms with Crippen LogP contribution in [0.25, 0.3) is 0 Å². The number of ether oxygens (including phenoxy) is 1. The average molecular weight is 172 g/mol. The molecule has 0 spiro atoms. The van der Waals surface area contributed by atoms with E-state index in [1.807, 2.05) is 13.8 Å². The molecule has 0 saturated carbocycles. The van der Waals surface area contributed by atoms with Crippen LogP contribution in [0.2, 0.25) is 0 Å². The topological polar surface area (TPSA) is 52.3 Å². The van der Waals surface area contributed by atoms with Crippen molar-refractivity contribution in [1.29, 1.82) is 0 Å². The quantitative estimate of drug-likeness (QED) is 0.647. The van der Waals surface area contributed by atoms with Crippen molar-refractivity contribution in [2.24, 2.45) is 11.7 Å². The third kappa shape index (κ3) is 3.72. The Morgan fingerprint density at radius 3 is 2.42 bits per heavy atom. The van der Waals surface area contributed by atoms with E-state index in [9.17, 15) is 4.79 Å². The van der Waals surface area contributed by atoms with E-state index in [0.29, 0.717) is 0 Å². The van der Waals surface area contributed by atoms with Gasteiger partial charge in [-0.15, -0.1) is 0 Å². The Balaban J connectivity index is 3.92. The summed E-state index contributed by atoms with van der Waals surface area (Å²) < 4.78 is 4.86. The van der Waals surface area contributed by atoms with Gasteiger partial charge >= 0.3 is 5.97 Å². The highest BCUT2D eigenvalue weighted by Gasteiger charge is 2.21. The molecular formula is C9H18NO2. The van der Waals surface area contributed by atoms with Gasteiger partial charge in [0.25, 0.3) is 0 Å². The lowest BCUT2D eigenvalue weighted by atomic mass is 10.0. The summed E-state index contributed by atoms with van der Waals surface area (Å²) in [6, 6.07) is -0.515. The summed E-state index contributed by atoms with van der Waals surface area (Å²) in [6.45, 7) is 9.18. The Morgan fingerprint density at radius 1 is 1.58 bits per heavy atom. The van der Waals surface area contributed by atoms with Crippen LogP contribution in [-0.4, -0.2) is 18.1 Å². The van der Waals surface area contributed by atoms with Crippen molar-refractivity contribution >= 4 is 5.97 Å². The summed E-state index contributed by atoms with van der Waals surface area (Å²) in [7, 11) is 0. The second-order valence-electron chi connectivity index (χ2n) is 3.16. The van der Waals surface area contributed by atoms with Crippen LogP contribution in [0.4, 0.5) is 0 Å². The molecule has 0 fully saturated rings. The van der Waals surface area contributed by atoms with Crippen molar-refractivity contribution in [3.05, 3.63) is 6.92 Å². The molecule has 3 nitrogen and oxygen atoms in total. The van der Waals surface area contributed by atoms with E-state index >= 15 is 0 Å². The first-order valence-electron chi connectivity index (χ1n) is 4.28. The molecular weight excluding hydrogens is 154 g/mol. The number of carbonyl (C=O) groups is 1. The monoisotopic (exact) mass is 172 g/mol. The van der Waals surface area contributed by atoms with E-state index in [0.717, 1.165) is 6.42 Å². The lowest BCUT2D eigenvalue weighted by molar-refractivity contribution is -0.149. The maximum atomic E-state index is 11.2. The average Bonchev–Trinajstić information content (AvgIpc) is 2.00. The number of rotatable bonds is 4. The highest BCUT2D eigenvalue weighted by Crippen LogP contribution is 2.07. The molecule has 1 radical (unpaired) electrons. The summed E-state index contributed by atoms with van der Waals surface area (Å²) in [6.07, 6.45) is 0.550. The molecule has 0 heterocycles. The van der Waals surface area contributed by atoms with Crippen molar-refractivity contribution in [3.63, 3.8) is 0 Å². The van der Waals surface area contributed by atoms with Gasteiger partial charge in [0.15, 0.2) is 0 Å². The predicted molar refractivity (Wildman–Crippen MR) is 48.3 cm³/mol. The summed E-state index contributed by atoms with van der Waals surface area (Å²) in [4.78, 5) is 11.2. The molecule has 0 aromatic carbocycles. The van der Waals surface area contributed by atoms with Gasteiger partial charge in [-0.25, -0.2) is 0 Å². The number of carbonyl (C=O) groups excluding carboxylic acids is 1. The molecule has 0 bridgehead atoms. The van der Waals surface area contributed by atoms with Crippen molar-refractivity contribution < 1.29 is 9.53 Å². The summed E-state index contributed by atoms with van der Waals surface area (Å²) >= 11 is 0. The molecule has 3 atom stereocenters. The summed E-state index contributed by atoms with van der Waals surface area (Å²) in [5.41, 5.74) is 5.62. The van der Waals surface area contributed by atoms with Gasteiger partial charge in [-0.3, -0.25) is 4.79 Å². The Morgan fingerprint density at radius 2 is 2.08 bits per heavy atom. The first kappa shape index (κ1) is 11.4. The predicted octanol–water partition coefficient (Wildman–Crippen LogP) is 1.13. The highest BCUT2D eigenvalue weighted by atomic mass is 16.5. The maximum Gasteiger partial charge on any atom is 0.323 e.